The Balaban J connectivity index is 1.36. The number of ether oxygens (including phenoxy) is 2. The molecule has 0 spiro atoms. The van der Waals surface area contributed by atoms with Crippen LogP contribution in [0.3, 0.4) is 0 Å². The molecular formula is C26H34N2O4. The number of likely N-dealkylation sites (tertiary alicyclic amines) is 2. The van der Waals surface area contributed by atoms with Gasteiger partial charge in [-0.2, -0.15) is 0 Å². The molecule has 172 valence electrons. The van der Waals surface area contributed by atoms with E-state index in [1.807, 2.05) is 35.2 Å². The van der Waals surface area contributed by atoms with E-state index in [0.717, 1.165) is 64.0 Å². The molecule has 2 aliphatic rings. The van der Waals surface area contributed by atoms with Crippen molar-refractivity contribution in [2.75, 3.05) is 39.9 Å². The van der Waals surface area contributed by atoms with Gasteiger partial charge in [-0.05, 0) is 56.8 Å². The number of nitrogens with zero attached hydrogens (tertiary/aromatic N) is 2. The molecule has 2 aromatic rings. The first kappa shape index (κ1) is 22.5. The number of amides is 1. The van der Waals surface area contributed by atoms with E-state index in [0.29, 0.717) is 29.6 Å². The Labute approximate surface area is 190 Å². The van der Waals surface area contributed by atoms with E-state index in [9.17, 15) is 9.90 Å². The highest BCUT2D eigenvalue weighted by Crippen LogP contribution is 2.28. The van der Waals surface area contributed by atoms with Crippen molar-refractivity contribution in [3.05, 3.63) is 53.6 Å². The van der Waals surface area contributed by atoms with Crippen molar-refractivity contribution in [1.29, 1.82) is 0 Å². The molecule has 0 aliphatic carbocycles. The smallest absolute Gasteiger partial charge is 0.257 e. The normalized spacial score (nSPS) is 19.5. The van der Waals surface area contributed by atoms with E-state index < -0.39 is 0 Å². The highest BCUT2D eigenvalue weighted by molar-refractivity contribution is 5.97. The minimum Gasteiger partial charge on any atom is -0.508 e. The lowest BCUT2D eigenvalue weighted by atomic mass is 9.98. The zero-order valence-corrected chi connectivity index (χ0v) is 19.0. The lowest BCUT2D eigenvalue weighted by Gasteiger charge is -2.33. The monoisotopic (exact) mass is 438 g/mol. The van der Waals surface area contributed by atoms with E-state index in [4.69, 9.17) is 9.47 Å². The van der Waals surface area contributed by atoms with Crippen LogP contribution in [0, 0.1) is 5.92 Å². The van der Waals surface area contributed by atoms with Crippen molar-refractivity contribution >= 4 is 5.91 Å². The van der Waals surface area contributed by atoms with Crippen LogP contribution in [0.15, 0.2) is 42.5 Å². The molecule has 1 amide bonds. The number of carbonyl (C=O) groups is 1. The number of benzene rings is 2. The van der Waals surface area contributed by atoms with E-state index in [1.165, 1.54) is 6.42 Å². The van der Waals surface area contributed by atoms with Crippen LogP contribution < -0.4 is 9.47 Å². The maximum atomic E-state index is 13.0. The molecule has 2 heterocycles. The summed E-state index contributed by atoms with van der Waals surface area (Å²) < 4.78 is 11.7. The summed E-state index contributed by atoms with van der Waals surface area (Å²) >= 11 is 0. The summed E-state index contributed by atoms with van der Waals surface area (Å²) in [6, 6.07) is 12.9. The molecule has 1 N–H and O–H groups in total. The van der Waals surface area contributed by atoms with Gasteiger partial charge in [-0.1, -0.05) is 18.2 Å². The summed E-state index contributed by atoms with van der Waals surface area (Å²) in [6.07, 6.45) is 5.60. The molecule has 2 fully saturated rings. The molecule has 2 saturated heterocycles. The van der Waals surface area contributed by atoms with Crippen molar-refractivity contribution in [2.24, 2.45) is 5.92 Å². The third-order valence-corrected chi connectivity index (χ3v) is 6.50. The van der Waals surface area contributed by atoms with Crippen LogP contribution >= 0.6 is 0 Å². The number of methoxy groups -OCH3 is 1. The fourth-order valence-electron chi connectivity index (χ4n) is 4.78. The molecule has 4 rings (SSSR count). The first-order chi connectivity index (χ1) is 15.6. The second kappa shape index (κ2) is 10.7. The molecule has 0 aromatic heterocycles. The molecule has 2 aliphatic heterocycles. The van der Waals surface area contributed by atoms with Crippen LogP contribution in [0.25, 0.3) is 0 Å². The van der Waals surface area contributed by atoms with E-state index in [1.54, 1.807) is 19.2 Å². The zero-order valence-electron chi connectivity index (χ0n) is 19.0. The maximum Gasteiger partial charge on any atom is 0.257 e. The predicted molar refractivity (Wildman–Crippen MR) is 124 cm³/mol. The average Bonchev–Trinajstić information content (AvgIpc) is 2.84. The summed E-state index contributed by atoms with van der Waals surface area (Å²) in [6.45, 7) is 5.03. The molecule has 2 aromatic carbocycles. The van der Waals surface area contributed by atoms with Crippen LogP contribution in [0.1, 0.15) is 48.0 Å². The largest absolute Gasteiger partial charge is 0.508 e. The second-order valence-electron chi connectivity index (χ2n) is 8.90. The van der Waals surface area contributed by atoms with Gasteiger partial charge in [-0.25, -0.2) is 0 Å². The van der Waals surface area contributed by atoms with Gasteiger partial charge in [-0.3, -0.25) is 9.69 Å². The molecule has 1 atom stereocenters. The lowest BCUT2D eigenvalue weighted by Crippen LogP contribution is -2.37. The first-order valence-corrected chi connectivity index (χ1v) is 11.7. The van der Waals surface area contributed by atoms with Crippen molar-refractivity contribution in [3.63, 3.8) is 0 Å². The predicted octanol–water partition coefficient (Wildman–Crippen LogP) is 4.32. The minimum atomic E-state index is 0.0880. The standard InChI is InChI=1S/C26H34N2O4/c1-31-25-16-22(29)12-11-21(25)18-27-13-7-8-20(17-27)19-32-24-10-4-3-9-23(24)26(30)28-14-5-2-6-15-28/h3-4,9-12,16,20,29H,2,5-8,13-15,17-19H2,1H3. The zero-order chi connectivity index (χ0) is 22.3. The highest BCUT2D eigenvalue weighted by Gasteiger charge is 2.24. The van der Waals surface area contributed by atoms with Gasteiger partial charge in [0.05, 0.1) is 19.3 Å². The van der Waals surface area contributed by atoms with Crippen molar-refractivity contribution in [3.8, 4) is 17.2 Å². The Hall–Kier alpha value is -2.73. The SMILES string of the molecule is COc1cc(O)ccc1CN1CCCC(COc2ccccc2C(=O)N2CCCCC2)C1. The summed E-state index contributed by atoms with van der Waals surface area (Å²) in [5.41, 5.74) is 1.75. The molecule has 0 saturated carbocycles. The number of hydrogen-bond acceptors (Lipinski definition) is 5. The Morgan fingerprint density at radius 1 is 1.03 bits per heavy atom. The van der Waals surface area contributed by atoms with E-state index >= 15 is 0 Å². The molecule has 32 heavy (non-hydrogen) atoms. The van der Waals surface area contributed by atoms with Crippen LogP contribution in [0.5, 0.6) is 17.2 Å². The number of phenolic OH excluding ortho intramolecular Hbond substituents is 1. The number of phenols is 1. The number of aromatic hydroxyl groups is 1. The first-order valence-electron chi connectivity index (χ1n) is 11.7. The fourth-order valence-corrected chi connectivity index (χ4v) is 4.78. The quantitative estimate of drug-likeness (QED) is 0.698. The molecule has 6 nitrogen and oxygen atoms in total. The summed E-state index contributed by atoms with van der Waals surface area (Å²) in [5.74, 6) is 2.12. The van der Waals surface area contributed by atoms with Crippen molar-refractivity contribution < 1.29 is 19.4 Å². The fraction of sp³-hybridized carbons (Fsp3) is 0.500. The van der Waals surface area contributed by atoms with Gasteiger partial charge in [0.1, 0.15) is 17.2 Å². The number of para-hydroxylation sites is 1. The molecule has 6 heteroatoms. The van der Waals surface area contributed by atoms with Gasteiger partial charge in [0.2, 0.25) is 0 Å². The number of rotatable bonds is 7. The van der Waals surface area contributed by atoms with Crippen LogP contribution in [0.4, 0.5) is 0 Å². The van der Waals surface area contributed by atoms with Gasteiger partial charge >= 0.3 is 0 Å². The van der Waals surface area contributed by atoms with Gasteiger partial charge in [0.25, 0.3) is 5.91 Å². The Kier molecular flexibility index (Phi) is 7.53. The van der Waals surface area contributed by atoms with Crippen LogP contribution in [0.2, 0.25) is 0 Å². The highest BCUT2D eigenvalue weighted by atomic mass is 16.5. The molecular weight excluding hydrogens is 404 g/mol. The lowest BCUT2D eigenvalue weighted by molar-refractivity contribution is 0.0716. The maximum absolute atomic E-state index is 13.0. The van der Waals surface area contributed by atoms with E-state index in [2.05, 4.69) is 4.90 Å². The number of hydrogen-bond donors (Lipinski definition) is 1. The number of carbonyl (C=O) groups excluding carboxylic acids is 1. The third-order valence-electron chi connectivity index (χ3n) is 6.50. The van der Waals surface area contributed by atoms with Gasteiger partial charge in [0.15, 0.2) is 0 Å². The van der Waals surface area contributed by atoms with Crippen LogP contribution in [-0.4, -0.2) is 60.7 Å². The topological polar surface area (TPSA) is 62.2 Å². The van der Waals surface area contributed by atoms with Crippen LogP contribution in [-0.2, 0) is 6.54 Å². The summed E-state index contributed by atoms with van der Waals surface area (Å²) in [4.78, 5) is 17.4. The summed E-state index contributed by atoms with van der Waals surface area (Å²) in [7, 11) is 1.63. The van der Waals surface area contributed by atoms with E-state index in [-0.39, 0.29) is 11.7 Å². The van der Waals surface area contributed by atoms with Crippen molar-refractivity contribution in [1.82, 2.24) is 9.80 Å². The van der Waals surface area contributed by atoms with Gasteiger partial charge in [-0.15, -0.1) is 0 Å². The molecule has 0 bridgehead atoms. The minimum absolute atomic E-state index is 0.0880. The summed E-state index contributed by atoms with van der Waals surface area (Å²) in [5, 5.41) is 9.70. The van der Waals surface area contributed by atoms with Crippen molar-refractivity contribution in [2.45, 2.75) is 38.6 Å². The van der Waals surface area contributed by atoms with Gasteiger partial charge in [0, 0.05) is 43.7 Å². The van der Waals surface area contributed by atoms with Gasteiger partial charge < -0.3 is 19.5 Å². The molecule has 0 radical (unpaired) electrons. The third kappa shape index (κ3) is 5.54. The Bertz CT molecular complexity index is 910. The Morgan fingerprint density at radius 2 is 1.84 bits per heavy atom. The Morgan fingerprint density at radius 3 is 2.66 bits per heavy atom. The second-order valence-corrected chi connectivity index (χ2v) is 8.90. The molecule has 1 unspecified atom stereocenters. The average molecular weight is 439 g/mol. The number of piperidine rings is 2.